The molecular formula is C30H22O7. The van der Waals surface area contributed by atoms with Gasteiger partial charge in [-0.25, -0.2) is 0 Å². The van der Waals surface area contributed by atoms with E-state index in [0.717, 1.165) is 16.3 Å². The smallest absolute Gasteiger partial charge is 0.312 e. The predicted molar refractivity (Wildman–Crippen MR) is 139 cm³/mol. The number of ether oxygens (including phenoxy) is 3. The van der Waals surface area contributed by atoms with Crippen LogP contribution in [0.25, 0.3) is 32.9 Å². The SMILES string of the molecule is COc1ccc(-c2coc3c4c(cc(O)c3c2=O)OC(=O)C[C@@H]4c2ccc(OC)c3ccccc23)cc1. The fourth-order valence-corrected chi connectivity index (χ4v) is 5.14. The lowest BCUT2D eigenvalue weighted by atomic mass is 9.82. The van der Waals surface area contributed by atoms with Gasteiger partial charge in [0.1, 0.15) is 40.2 Å². The molecule has 0 bridgehead atoms. The summed E-state index contributed by atoms with van der Waals surface area (Å²) in [6.45, 7) is 0. The molecule has 7 heteroatoms. The summed E-state index contributed by atoms with van der Waals surface area (Å²) in [5, 5.41) is 12.7. The van der Waals surface area contributed by atoms with E-state index in [1.807, 2.05) is 36.4 Å². The second-order valence-electron chi connectivity index (χ2n) is 8.85. The van der Waals surface area contributed by atoms with Crippen LogP contribution in [0.1, 0.15) is 23.5 Å². The Hall–Kier alpha value is -4.78. The number of phenols is 1. The van der Waals surface area contributed by atoms with Gasteiger partial charge in [-0.05, 0) is 34.7 Å². The van der Waals surface area contributed by atoms with E-state index in [1.165, 1.54) is 12.3 Å². The van der Waals surface area contributed by atoms with Crippen LogP contribution in [0.5, 0.6) is 23.0 Å². The van der Waals surface area contributed by atoms with E-state index in [0.29, 0.717) is 28.2 Å². The summed E-state index contributed by atoms with van der Waals surface area (Å²) >= 11 is 0. The molecule has 37 heavy (non-hydrogen) atoms. The van der Waals surface area contributed by atoms with Crippen molar-refractivity contribution >= 4 is 27.7 Å². The van der Waals surface area contributed by atoms with Crippen LogP contribution in [-0.2, 0) is 4.79 Å². The number of methoxy groups -OCH3 is 2. The molecule has 1 atom stereocenters. The second-order valence-corrected chi connectivity index (χ2v) is 8.85. The molecule has 0 saturated heterocycles. The Morgan fingerprint density at radius 2 is 1.68 bits per heavy atom. The molecule has 1 aromatic heterocycles. The molecular weight excluding hydrogens is 472 g/mol. The number of fused-ring (bicyclic) bond motifs is 4. The lowest BCUT2D eigenvalue weighted by Gasteiger charge is -2.27. The largest absolute Gasteiger partial charge is 0.507 e. The summed E-state index contributed by atoms with van der Waals surface area (Å²) in [5.41, 5.74) is 2.13. The lowest BCUT2D eigenvalue weighted by Crippen LogP contribution is -2.22. The number of aromatic hydroxyl groups is 1. The normalized spacial score (nSPS) is 14.9. The van der Waals surface area contributed by atoms with Crippen LogP contribution in [0.4, 0.5) is 0 Å². The Morgan fingerprint density at radius 3 is 2.41 bits per heavy atom. The summed E-state index contributed by atoms with van der Waals surface area (Å²) in [7, 11) is 3.18. The van der Waals surface area contributed by atoms with Crippen molar-refractivity contribution in [3.63, 3.8) is 0 Å². The second kappa shape index (κ2) is 8.71. The third kappa shape index (κ3) is 3.59. The number of esters is 1. The standard InChI is InChI=1S/C30H22O7/c1-34-17-9-7-16(8-10-17)22-15-36-30-27-21(13-26(32)37-25(27)14-23(31)28(30)29(22)33)19-11-12-24(35-2)20-6-4-3-5-18(19)20/h3-12,14-15,21,31H,13H2,1-2H3/t21-/m1/s1. The molecule has 0 aliphatic carbocycles. The molecule has 0 radical (unpaired) electrons. The van der Waals surface area contributed by atoms with Crippen molar-refractivity contribution in [3.8, 4) is 34.1 Å². The van der Waals surface area contributed by atoms with Crippen LogP contribution in [0.3, 0.4) is 0 Å². The minimum Gasteiger partial charge on any atom is -0.507 e. The first-order valence-corrected chi connectivity index (χ1v) is 11.7. The minimum absolute atomic E-state index is 0.0350. The molecule has 0 amide bonds. The van der Waals surface area contributed by atoms with Crippen molar-refractivity contribution in [2.45, 2.75) is 12.3 Å². The topological polar surface area (TPSA) is 95.2 Å². The first-order chi connectivity index (χ1) is 18.0. The Bertz CT molecular complexity index is 1750. The maximum Gasteiger partial charge on any atom is 0.312 e. The van der Waals surface area contributed by atoms with Crippen LogP contribution >= 0.6 is 0 Å². The van der Waals surface area contributed by atoms with Crippen LogP contribution in [0.2, 0.25) is 0 Å². The average Bonchev–Trinajstić information content (AvgIpc) is 2.92. The van der Waals surface area contributed by atoms with Crippen LogP contribution in [-0.4, -0.2) is 25.3 Å². The van der Waals surface area contributed by atoms with E-state index in [1.54, 1.807) is 38.5 Å². The number of benzene rings is 4. The van der Waals surface area contributed by atoms with Crippen LogP contribution in [0, 0.1) is 0 Å². The van der Waals surface area contributed by atoms with Gasteiger partial charge in [-0.3, -0.25) is 9.59 Å². The Labute approximate surface area is 211 Å². The number of rotatable bonds is 4. The quantitative estimate of drug-likeness (QED) is 0.250. The first kappa shape index (κ1) is 22.7. The fourth-order valence-electron chi connectivity index (χ4n) is 5.14. The van der Waals surface area contributed by atoms with Gasteiger partial charge in [-0.2, -0.15) is 0 Å². The van der Waals surface area contributed by atoms with E-state index in [-0.39, 0.29) is 34.3 Å². The van der Waals surface area contributed by atoms with Crippen LogP contribution < -0.4 is 19.6 Å². The highest BCUT2D eigenvalue weighted by Gasteiger charge is 2.34. The summed E-state index contributed by atoms with van der Waals surface area (Å²) in [6.07, 6.45) is 1.43. The summed E-state index contributed by atoms with van der Waals surface area (Å²) in [4.78, 5) is 26.3. The van der Waals surface area contributed by atoms with Gasteiger partial charge in [-0.1, -0.05) is 42.5 Å². The maximum atomic E-state index is 13.6. The van der Waals surface area contributed by atoms with Gasteiger partial charge in [0.05, 0.1) is 26.2 Å². The summed E-state index contributed by atoms with van der Waals surface area (Å²) < 4.78 is 22.3. The molecule has 7 nitrogen and oxygen atoms in total. The number of hydrogen-bond acceptors (Lipinski definition) is 7. The Balaban J connectivity index is 1.61. The fraction of sp³-hybridized carbons (Fsp3) is 0.133. The summed E-state index contributed by atoms with van der Waals surface area (Å²) in [6, 6.07) is 19.8. The third-order valence-corrected chi connectivity index (χ3v) is 6.88. The monoisotopic (exact) mass is 494 g/mol. The van der Waals surface area contributed by atoms with Crippen molar-refractivity contribution in [3.05, 3.63) is 94.3 Å². The number of carbonyl (C=O) groups is 1. The van der Waals surface area contributed by atoms with Crippen molar-refractivity contribution in [1.82, 2.24) is 0 Å². The third-order valence-electron chi connectivity index (χ3n) is 6.88. The highest BCUT2D eigenvalue weighted by Crippen LogP contribution is 2.47. The van der Waals surface area contributed by atoms with E-state index in [2.05, 4.69) is 0 Å². The van der Waals surface area contributed by atoms with Crippen molar-refractivity contribution < 1.29 is 28.5 Å². The molecule has 0 saturated carbocycles. The molecule has 1 aliphatic rings. The number of hydrogen-bond donors (Lipinski definition) is 1. The molecule has 1 N–H and O–H groups in total. The molecule has 0 spiro atoms. The highest BCUT2D eigenvalue weighted by atomic mass is 16.5. The van der Waals surface area contributed by atoms with Gasteiger partial charge in [0.2, 0.25) is 5.43 Å². The van der Waals surface area contributed by atoms with Gasteiger partial charge in [0.15, 0.2) is 0 Å². The molecule has 0 unspecified atom stereocenters. The first-order valence-electron chi connectivity index (χ1n) is 11.7. The Morgan fingerprint density at radius 1 is 0.919 bits per heavy atom. The number of phenolic OH excluding ortho intramolecular Hbond substituents is 1. The van der Waals surface area contributed by atoms with Gasteiger partial charge in [0.25, 0.3) is 0 Å². The van der Waals surface area contributed by atoms with Gasteiger partial charge in [-0.15, -0.1) is 0 Å². The molecule has 4 aromatic carbocycles. The number of carbonyl (C=O) groups excluding carboxylic acids is 1. The zero-order valence-corrected chi connectivity index (χ0v) is 20.1. The van der Waals surface area contributed by atoms with Crippen molar-refractivity contribution in [1.29, 1.82) is 0 Å². The van der Waals surface area contributed by atoms with E-state index >= 15 is 0 Å². The predicted octanol–water partition coefficient (Wildman–Crippen LogP) is 5.78. The zero-order chi connectivity index (χ0) is 25.7. The Kier molecular flexibility index (Phi) is 5.34. The molecule has 6 rings (SSSR count). The maximum absolute atomic E-state index is 13.6. The van der Waals surface area contributed by atoms with Crippen molar-refractivity contribution in [2.24, 2.45) is 0 Å². The van der Waals surface area contributed by atoms with Crippen molar-refractivity contribution in [2.75, 3.05) is 14.2 Å². The van der Waals surface area contributed by atoms with Gasteiger partial charge >= 0.3 is 5.97 Å². The van der Waals surface area contributed by atoms with E-state index in [9.17, 15) is 14.7 Å². The van der Waals surface area contributed by atoms with E-state index < -0.39 is 11.9 Å². The highest BCUT2D eigenvalue weighted by molar-refractivity contribution is 5.97. The van der Waals surface area contributed by atoms with Crippen LogP contribution in [0.15, 0.2) is 82.2 Å². The molecule has 184 valence electrons. The van der Waals surface area contributed by atoms with E-state index in [4.69, 9.17) is 18.6 Å². The molecule has 1 aliphatic heterocycles. The molecule has 0 fully saturated rings. The average molecular weight is 494 g/mol. The zero-order valence-electron chi connectivity index (χ0n) is 20.1. The molecule has 5 aromatic rings. The van der Waals surface area contributed by atoms with Gasteiger partial charge < -0.3 is 23.7 Å². The minimum atomic E-state index is -0.467. The lowest BCUT2D eigenvalue weighted by molar-refractivity contribution is -0.135. The summed E-state index contributed by atoms with van der Waals surface area (Å²) in [5.74, 6) is 0.322. The van der Waals surface area contributed by atoms with Gasteiger partial charge in [0, 0.05) is 22.9 Å². The molecule has 2 heterocycles.